The maximum atomic E-state index is 13.5. The molecule has 1 aromatic heterocycles. The van der Waals surface area contributed by atoms with Crippen LogP contribution in [-0.4, -0.2) is 12.1 Å². The van der Waals surface area contributed by atoms with E-state index in [1.807, 2.05) is 0 Å². The number of ether oxygens (including phenoxy) is 2. The lowest BCUT2D eigenvalue weighted by atomic mass is 10.3. The Balaban J connectivity index is 2.31. The Morgan fingerprint density at radius 2 is 2.06 bits per heavy atom. The van der Waals surface area contributed by atoms with Crippen LogP contribution >= 0.6 is 27.5 Å². The van der Waals surface area contributed by atoms with Crippen molar-refractivity contribution in [1.29, 1.82) is 0 Å². The van der Waals surface area contributed by atoms with E-state index < -0.39 is 5.82 Å². The maximum Gasteiger partial charge on any atom is 0.256 e. The molecule has 0 N–H and O–H groups in total. The highest BCUT2D eigenvalue weighted by Crippen LogP contribution is 2.31. The second-order valence-electron chi connectivity index (χ2n) is 3.32. The minimum Gasteiger partial charge on any atom is -0.495 e. The minimum absolute atomic E-state index is 0.117. The quantitative estimate of drug-likeness (QED) is 0.779. The monoisotopic (exact) mass is 331 g/mol. The van der Waals surface area contributed by atoms with Gasteiger partial charge in [-0.05, 0) is 40.2 Å². The van der Waals surface area contributed by atoms with E-state index in [2.05, 4.69) is 20.9 Å². The van der Waals surface area contributed by atoms with Crippen LogP contribution in [0.25, 0.3) is 0 Å². The van der Waals surface area contributed by atoms with Crippen molar-refractivity contribution < 1.29 is 13.9 Å². The van der Waals surface area contributed by atoms with Crippen LogP contribution in [0.3, 0.4) is 0 Å². The first-order chi connectivity index (χ1) is 8.60. The van der Waals surface area contributed by atoms with E-state index in [9.17, 15) is 4.39 Å². The van der Waals surface area contributed by atoms with E-state index in [1.54, 1.807) is 18.2 Å². The van der Waals surface area contributed by atoms with Crippen LogP contribution in [0.5, 0.6) is 17.4 Å². The van der Waals surface area contributed by atoms with Crippen LogP contribution in [0.15, 0.2) is 34.9 Å². The summed E-state index contributed by atoms with van der Waals surface area (Å²) in [4.78, 5) is 3.89. The van der Waals surface area contributed by atoms with Gasteiger partial charge in [0.2, 0.25) is 0 Å². The number of pyridine rings is 1. The molecule has 0 bridgehead atoms. The van der Waals surface area contributed by atoms with Gasteiger partial charge in [0, 0.05) is 6.07 Å². The lowest BCUT2D eigenvalue weighted by Gasteiger charge is -2.08. The molecular weight excluding hydrogens is 324 g/mol. The molecule has 0 saturated carbocycles. The summed E-state index contributed by atoms with van der Waals surface area (Å²) in [5.74, 6) is 0.172. The fourth-order valence-electron chi connectivity index (χ4n) is 1.29. The van der Waals surface area contributed by atoms with Crippen molar-refractivity contribution in [2.45, 2.75) is 0 Å². The molecule has 2 rings (SSSR count). The Bertz CT molecular complexity index is 580. The molecular formula is C12H8BrClFNO2. The Kier molecular flexibility index (Phi) is 4.04. The Morgan fingerprint density at radius 1 is 1.28 bits per heavy atom. The van der Waals surface area contributed by atoms with Crippen LogP contribution in [0.2, 0.25) is 5.02 Å². The summed E-state index contributed by atoms with van der Waals surface area (Å²) in [7, 11) is 1.49. The largest absolute Gasteiger partial charge is 0.495 e. The maximum absolute atomic E-state index is 13.5. The first-order valence-electron chi connectivity index (χ1n) is 4.93. The zero-order valence-corrected chi connectivity index (χ0v) is 11.6. The van der Waals surface area contributed by atoms with E-state index in [-0.39, 0.29) is 5.88 Å². The van der Waals surface area contributed by atoms with Gasteiger partial charge >= 0.3 is 0 Å². The van der Waals surface area contributed by atoms with Crippen LogP contribution in [0.4, 0.5) is 4.39 Å². The fourth-order valence-corrected chi connectivity index (χ4v) is 1.78. The lowest BCUT2D eigenvalue weighted by Crippen LogP contribution is -1.93. The standard InChI is InChI=1S/C12H8BrClFNO2/c1-17-10-6-7(2-3-8(10)14)18-12-9(15)4-5-11(13)16-12/h2-6H,1H3. The van der Waals surface area contributed by atoms with E-state index in [1.165, 1.54) is 19.2 Å². The highest BCUT2D eigenvalue weighted by molar-refractivity contribution is 9.10. The zero-order valence-electron chi connectivity index (χ0n) is 9.28. The molecule has 0 radical (unpaired) electrons. The van der Waals surface area contributed by atoms with Crippen LogP contribution in [-0.2, 0) is 0 Å². The SMILES string of the molecule is COc1cc(Oc2nc(Br)ccc2F)ccc1Cl. The fraction of sp³-hybridized carbons (Fsp3) is 0.0833. The summed E-state index contributed by atoms with van der Waals surface area (Å²) in [6.07, 6.45) is 0. The second-order valence-corrected chi connectivity index (χ2v) is 4.54. The molecule has 1 heterocycles. The molecule has 1 aromatic carbocycles. The van der Waals surface area contributed by atoms with Gasteiger partial charge in [-0.1, -0.05) is 11.6 Å². The highest BCUT2D eigenvalue weighted by Gasteiger charge is 2.09. The zero-order chi connectivity index (χ0) is 13.1. The minimum atomic E-state index is -0.549. The Labute approximate surface area is 117 Å². The predicted molar refractivity (Wildman–Crippen MR) is 70.0 cm³/mol. The summed E-state index contributed by atoms with van der Waals surface area (Å²) in [6, 6.07) is 7.52. The molecule has 0 aliphatic carbocycles. The average molecular weight is 333 g/mol. The molecule has 3 nitrogen and oxygen atoms in total. The second kappa shape index (κ2) is 5.54. The number of hydrogen-bond acceptors (Lipinski definition) is 3. The van der Waals surface area contributed by atoms with Crippen LogP contribution < -0.4 is 9.47 Å². The smallest absolute Gasteiger partial charge is 0.256 e. The van der Waals surface area contributed by atoms with E-state index in [0.29, 0.717) is 21.1 Å². The van der Waals surface area contributed by atoms with Gasteiger partial charge in [0.05, 0.1) is 12.1 Å². The van der Waals surface area contributed by atoms with Gasteiger partial charge in [-0.3, -0.25) is 0 Å². The van der Waals surface area contributed by atoms with Crippen LogP contribution in [0, 0.1) is 5.82 Å². The molecule has 0 amide bonds. The average Bonchev–Trinajstić information content (AvgIpc) is 2.36. The molecule has 6 heteroatoms. The molecule has 0 atom stereocenters. The van der Waals surface area contributed by atoms with Gasteiger partial charge in [-0.2, -0.15) is 0 Å². The summed E-state index contributed by atoms with van der Waals surface area (Å²) in [6.45, 7) is 0. The molecule has 2 aromatic rings. The number of rotatable bonds is 3. The number of nitrogens with zero attached hydrogens (tertiary/aromatic N) is 1. The highest BCUT2D eigenvalue weighted by atomic mass is 79.9. The first kappa shape index (κ1) is 13.1. The number of halogens is 3. The van der Waals surface area contributed by atoms with Crippen molar-refractivity contribution in [3.63, 3.8) is 0 Å². The number of methoxy groups -OCH3 is 1. The third-order valence-electron chi connectivity index (χ3n) is 2.12. The lowest BCUT2D eigenvalue weighted by molar-refractivity contribution is 0.399. The normalized spacial score (nSPS) is 10.2. The molecule has 0 spiro atoms. The third-order valence-corrected chi connectivity index (χ3v) is 2.87. The summed E-state index contributed by atoms with van der Waals surface area (Å²) < 4.78 is 24.3. The molecule has 94 valence electrons. The summed E-state index contributed by atoms with van der Waals surface area (Å²) in [5.41, 5.74) is 0. The van der Waals surface area contributed by atoms with Crippen LogP contribution in [0.1, 0.15) is 0 Å². The molecule has 0 aliphatic rings. The van der Waals surface area contributed by atoms with Gasteiger partial charge in [0.1, 0.15) is 16.1 Å². The van der Waals surface area contributed by atoms with E-state index in [0.717, 1.165) is 0 Å². The summed E-state index contributed by atoms with van der Waals surface area (Å²) in [5, 5.41) is 0.451. The Morgan fingerprint density at radius 3 is 2.78 bits per heavy atom. The molecule has 0 saturated heterocycles. The predicted octanol–water partition coefficient (Wildman–Crippen LogP) is 4.44. The topological polar surface area (TPSA) is 31.4 Å². The van der Waals surface area contributed by atoms with E-state index in [4.69, 9.17) is 21.1 Å². The van der Waals surface area contributed by atoms with Crippen molar-refractivity contribution in [1.82, 2.24) is 4.98 Å². The third kappa shape index (κ3) is 2.91. The molecule has 0 unspecified atom stereocenters. The number of hydrogen-bond donors (Lipinski definition) is 0. The van der Waals surface area contributed by atoms with Crippen molar-refractivity contribution in [3.8, 4) is 17.4 Å². The van der Waals surface area contributed by atoms with Crippen molar-refractivity contribution in [2.24, 2.45) is 0 Å². The molecule has 0 fully saturated rings. The first-order valence-corrected chi connectivity index (χ1v) is 6.10. The van der Waals surface area contributed by atoms with E-state index >= 15 is 0 Å². The number of benzene rings is 1. The van der Waals surface area contributed by atoms with Gasteiger partial charge in [0.15, 0.2) is 5.82 Å². The molecule has 18 heavy (non-hydrogen) atoms. The van der Waals surface area contributed by atoms with Crippen molar-refractivity contribution >= 4 is 27.5 Å². The van der Waals surface area contributed by atoms with Gasteiger partial charge in [-0.15, -0.1) is 0 Å². The number of aromatic nitrogens is 1. The Hall–Kier alpha value is -1.33. The van der Waals surface area contributed by atoms with Crippen molar-refractivity contribution in [2.75, 3.05) is 7.11 Å². The van der Waals surface area contributed by atoms with Gasteiger partial charge in [-0.25, -0.2) is 9.37 Å². The van der Waals surface area contributed by atoms with Crippen molar-refractivity contribution in [3.05, 3.63) is 45.8 Å². The van der Waals surface area contributed by atoms with Gasteiger partial charge in [0.25, 0.3) is 5.88 Å². The summed E-state index contributed by atoms with van der Waals surface area (Å²) >= 11 is 9.02. The molecule has 0 aliphatic heterocycles. The van der Waals surface area contributed by atoms with Gasteiger partial charge < -0.3 is 9.47 Å².